The SMILES string of the molecule is CC(C)N(C)CC1(N)C2CCOC2C1(C)C. The summed E-state index contributed by atoms with van der Waals surface area (Å²) in [4.78, 5) is 2.36. The highest BCUT2D eigenvalue weighted by Crippen LogP contribution is 2.58. The van der Waals surface area contributed by atoms with Crippen LogP contribution in [0.5, 0.6) is 0 Å². The zero-order valence-electron chi connectivity index (χ0n) is 11.3. The molecule has 3 nitrogen and oxygen atoms in total. The van der Waals surface area contributed by atoms with Crippen molar-refractivity contribution in [1.82, 2.24) is 4.90 Å². The van der Waals surface area contributed by atoms with Crippen LogP contribution in [0.15, 0.2) is 0 Å². The van der Waals surface area contributed by atoms with Gasteiger partial charge in [0.15, 0.2) is 0 Å². The van der Waals surface area contributed by atoms with Crippen molar-refractivity contribution < 1.29 is 4.74 Å². The summed E-state index contributed by atoms with van der Waals surface area (Å²) < 4.78 is 5.81. The summed E-state index contributed by atoms with van der Waals surface area (Å²) in [6.45, 7) is 10.8. The Morgan fingerprint density at radius 3 is 2.62 bits per heavy atom. The minimum atomic E-state index is -0.0762. The van der Waals surface area contributed by atoms with Crippen LogP contribution in [0.25, 0.3) is 0 Å². The van der Waals surface area contributed by atoms with Gasteiger partial charge in [-0.05, 0) is 27.3 Å². The summed E-state index contributed by atoms with van der Waals surface area (Å²) in [5.41, 5.74) is 6.72. The van der Waals surface area contributed by atoms with Gasteiger partial charge >= 0.3 is 0 Å². The maximum Gasteiger partial charge on any atom is 0.0691 e. The number of ether oxygens (including phenoxy) is 1. The first kappa shape index (κ1) is 12.3. The first-order valence-corrected chi connectivity index (χ1v) is 6.41. The molecule has 16 heavy (non-hydrogen) atoms. The second-order valence-corrected chi connectivity index (χ2v) is 6.46. The number of hydrogen-bond donors (Lipinski definition) is 1. The van der Waals surface area contributed by atoms with E-state index in [0.29, 0.717) is 18.1 Å². The molecule has 1 heterocycles. The summed E-state index contributed by atoms with van der Waals surface area (Å²) in [5.74, 6) is 0.559. The van der Waals surface area contributed by atoms with E-state index in [1.165, 1.54) is 0 Å². The lowest BCUT2D eigenvalue weighted by atomic mass is 9.48. The number of likely N-dealkylation sites (N-methyl/N-ethyl adjacent to an activating group) is 1. The minimum Gasteiger partial charge on any atom is -0.377 e. The first-order valence-electron chi connectivity index (χ1n) is 6.41. The van der Waals surface area contributed by atoms with Crippen molar-refractivity contribution in [3.8, 4) is 0 Å². The average molecular weight is 226 g/mol. The topological polar surface area (TPSA) is 38.5 Å². The van der Waals surface area contributed by atoms with Gasteiger partial charge < -0.3 is 15.4 Å². The second kappa shape index (κ2) is 3.69. The van der Waals surface area contributed by atoms with Gasteiger partial charge in [-0.25, -0.2) is 0 Å². The molecule has 1 aliphatic heterocycles. The van der Waals surface area contributed by atoms with Crippen LogP contribution < -0.4 is 5.73 Å². The van der Waals surface area contributed by atoms with Gasteiger partial charge in [0, 0.05) is 36.1 Å². The highest BCUT2D eigenvalue weighted by atomic mass is 16.5. The molecule has 94 valence electrons. The summed E-state index contributed by atoms with van der Waals surface area (Å²) >= 11 is 0. The first-order chi connectivity index (χ1) is 7.30. The quantitative estimate of drug-likeness (QED) is 0.792. The van der Waals surface area contributed by atoms with E-state index >= 15 is 0 Å². The van der Waals surface area contributed by atoms with Gasteiger partial charge in [0.05, 0.1) is 6.10 Å². The number of rotatable bonds is 3. The predicted molar refractivity (Wildman–Crippen MR) is 66.3 cm³/mol. The van der Waals surface area contributed by atoms with E-state index in [-0.39, 0.29) is 11.0 Å². The molecular weight excluding hydrogens is 200 g/mol. The lowest BCUT2D eigenvalue weighted by molar-refractivity contribution is -0.163. The Morgan fingerprint density at radius 1 is 1.44 bits per heavy atom. The van der Waals surface area contributed by atoms with Gasteiger partial charge in [-0.3, -0.25) is 0 Å². The van der Waals surface area contributed by atoms with Crippen molar-refractivity contribution in [1.29, 1.82) is 0 Å². The van der Waals surface area contributed by atoms with Crippen LogP contribution in [-0.2, 0) is 4.74 Å². The maximum absolute atomic E-state index is 6.68. The number of fused-ring (bicyclic) bond motifs is 1. The standard InChI is InChI=1S/C13H26N2O/c1-9(2)15(5)8-13(14)10-6-7-16-11(10)12(13,3)4/h9-11H,6-8,14H2,1-5H3. The molecule has 1 aliphatic carbocycles. The van der Waals surface area contributed by atoms with E-state index in [1.807, 2.05) is 0 Å². The Bertz CT molecular complexity index is 277. The zero-order chi connectivity index (χ0) is 12.1. The number of hydrogen-bond acceptors (Lipinski definition) is 3. The zero-order valence-corrected chi connectivity index (χ0v) is 11.3. The van der Waals surface area contributed by atoms with Crippen LogP contribution in [0, 0.1) is 11.3 Å². The van der Waals surface area contributed by atoms with Crippen LogP contribution in [0.2, 0.25) is 0 Å². The Hall–Kier alpha value is -0.120. The lowest BCUT2D eigenvalue weighted by Crippen LogP contribution is -2.78. The molecule has 0 aromatic heterocycles. The Balaban J connectivity index is 2.12. The summed E-state index contributed by atoms with van der Waals surface area (Å²) in [6, 6.07) is 0.553. The van der Waals surface area contributed by atoms with Crippen LogP contribution in [0.1, 0.15) is 34.1 Å². The molecule has 2 N–H and O–H groups in total. The van der Waals surface area contributed by atoms with E-state index in [4.69, 9.17) is 10.5 Å². The van der Waals surface area contributed by atoms with E-state index < -0.39 is 0 Å². The molecule has 2 aliphatic rings. The van der Waals surface area contributed by atoms with Crippen molar-refractivity contribution in [3.05, 3.63) is 0 Å². The Kier molecular flexibility index (Phi) is 2.84. The molecule has 2 fully saturated rings. The van der Waals surface area contributed by atoms with Crippen molar-refractivity contribution in [2.24, 2.45) is 17.1 Å². The van der Waals surface area contributed by atoms with Crippen LogP contribution in [0.4, 0.5) is 0 Å². The molecule has 0 aromatic rings. The number of nitrogens with zero attached hydrogens (tertiary/aromatic N) is 1. The van der Waals surface area contributed by atoms with Crippen molar-refractivity contribution in [2.45, 2.75) is 51.8 Å². The highest BCUT2D eigenvalue weighted by Gasteiger charge is 2.67. The van der Waals surface area contributed by atoms with Gasteiger partial charge in [-0.1, -0.05) is 13.8 Å². The molecule has 3 atom stereocenters. The van der Waals surface area contributed by atoms with Gasteiger partial charge in [0.2, 0.25) is 0 Å². The van der Waals surface area contributed by atoms with E-state index in [9.17, 15) is 0 Å². The number of nitrogens with two attached hydrogens (primary N) is 1. The summed E-state index contributed by atoms with van der Waals surface area (Å²) in [7, 11) is 2.17. The van der Waals surface area contributed by atoms with Crippen LogP contribution in [0.3, 0.4) is 0 Å². The third kappa shape index (κ3) is 1.45. The molecule has 3 unspecified atom stereocenters. The Labute approximate surface area is 99.3 Å². The smallest absolute Gasteiger partial charge is 0.0691 e. The molecule has 0 bridgehead atoms. The molecule has 0 aromatic carbocycles. The molecule has 0 radical (unpaired) electrons. The van der Waals surface area contributed by atoms with Gasteiger partial charge in [0.25, 0.3) is 0 Å². The van der Waals surface area contributed by atoms with Crippen molar-refractivity contribution in [3.63, 3.8) is 0 Å². The maximum atomic E-state index is 6.68. The lowest BCUT2D eigenvalue weighted by Gasteiger charge is -2.63. The fourth-order valence-electron chi connectivity index (χ4n) is 3.39. The van der Waals surface area contributed by atoms with Gasteiger partial charge in [-0.15, -0.1) is 0 Å². The highest BCUT2D eigenvalue weighted by molar-refractivity contribution is 5.21. The fraction of sp³-hybridized carbons (Fsp3) is 1.00. The molecule has 3 heteroatoms. The third-order valence-electron chi connectivity index (χ3n) is 5.06. The molecule has 1 saturated heterocycles. The minimum absolute atomic E-state index is 0.0762. The van der Waals surface area contributed by atoms with Crippen molar-refractivity contribution >= 4 is 0 Å². The van der Waals surface area contributed by atoms with E-state index in [0.717, 1.165) is 19.6 Å². The second-order valence-electron chi connectivity index (χ2n) is 6.46. The van der Waals surface area contributed by atoms with Crippen molar-refractivity contribution in [2.75, 3.05) is 20.2 Å². The summed E-state index contributed by atoms with van der Waals surface area (Å²) in [5, 5.41) is 0. The van der Waals surface area contributed by atoms with Gasteiger partial charge in [-0.2, -0.15) is 0 Å². The fourth-order valence-corrected chi connectivity index (χ4v) is 3.39. The van der Waals surface area contributed by atoms with Crippen LogP contribution >= 0.6 is 0 Å². The monoisotopic (exact) mass is 226 g/mol. The average Bonchev–Trinajstić information content (AvgIpc) is 2.64. The predicted octanol–water partition coefficient (Wildman–Crippen LogP) is 1.47. The van der Waals surface area contributed by atoms with Crippen LogP contribution in [-0.4, -0.2) is 42.8 Å². The molecule has 0 spiro atoms. The third-order valence-corrected chi connectivity index (χ3v) is 5.06. The largest absolute Gasteiger partial charge is 0.377 e. The molecule has 1 saturated carbocycles. The molecule has 2 rings (SSSR count). The summed E-state index contributed by atoms with van der Waals surface area (Å²) in [6.07, 6.45) is 1.52. The molecule has 0 amide bonds. The Morgan fingerprint density at radius 2 is 2.06 bits per heavy atom. The van der Waals surface area contributed by atoms with Gasteiger partial charge in [0.1, 0.15) is 0 Å². The normalized spacial score (nSPS) is 41.2. The molecular formula is C13H26N2O. The van der Waals surface area contributed by atoms with E-state index in [1.54, 1.807) is 0 Å². The van der Waals surface area contributed by atoms with E-state index in [2.05, 4.69) is 39.6 Å².